The fraction of sp³-hybridized carbons (Fsp3) is 0.300. The molecule has 3 aromatic rings. The lowest BCUT2D eigenvalue weighted by atomic mass is 10.0. The zero-order valence-electron chi connectivity index (χ0n) is 14.7. The zero-order valence-corrected chi connectivity index (χ0v) is 16.3. The summed E-state index contributed by atoms with van der Waals surface area (Å²) in [6, 6.07) is 8.59. The van der Waals surface area contributed by atoms with Crippen LogP contribution in [0.2, 0.25) is 0 Å². The van der Waals surface area contributed by atoms with Crippen molar-refractivity contribution in [2.24, 2.45) is 10.9 Å². The Balaban J connectivity index is 1.58. The van der Waals surface area contributed by atoms with E-state index in [0.29, 0.717) is 25.6 Å². The van der Waals surface area contributed by atoms with Gasteiger partial charge in [0.2, 0.25) is 5.91 Å². The van der Waals surface area contributed by atoms with Gasteiger partial charge >= 0.3 is 0 Å². The average Bonchev–Trinajstić information content (AvgIpc) is 3.45. The molecule has 5 nitrogen and oxygen atoms in total. The zero-order chi connectivity index (χ0) is 18.2. The van der Waals surface area contributed by atoms with Crippen molar-refractivity contribution in [2.75, 3.05) is 6.54 Å². The molecule has 0 radical (unpaired) electrons. The molecule has 2 aliphatic rings. The topological polar surface area (TPSA) is 55.6 Å². The third-order valence-corrected chi connectivity index (χ3v) is 6.58. The van der Waals surface area contributed by atoms with Crippen molar-refractivity contribution < 1.29 is 9.53 Å². The summed E-state index contributed by atoms with van der Waals surface area (Å²) < 4.78 is 7.83. The minimum absolute atomic E-state index is 0.142. The fourth-order valence-corrected chi connectivity index (χ4v) is 5.15. The summed E-state index contributed by atoms with van der Waals surface area (Å²) in [7, 11) is 0. The van der Waals surface area contributed by atoms with E-state index in [2.05, 4.69) is 38.8 Å². The number of thiazole rings is 1. The minimum atomic E-state index is 0.142. The quantitative estimate of drug-likeness (QED) is 0.730. The van der Waals surface area contributed by atoms with Crippen LogP contribution in [-0.2, 0) is 29.3 Å². The van der Waals surface area contributed by atoms with Gasteiger partial charge in [0.15, 0.2) is 4.80 Å². The molecule has 138 valence electrons. The molecule has 7 heteroatoms. The van der Waals surface area contributed by atoms with Gasteiger partial charge in [-0.1, -0.05) is 12.1 Å². The van der Waals surface area contributed by atoms with Gasteiger partial charge < -0.3 is 14.6 Å². The van der Waals surface area contributed by atoms with Crippen molar-refractivity contribution in [1.82, 2.24) is 9.88 Å². The highest BCUT2D eigenvalue weighted by atomic mass is 32.1. The molecular formula is C20H19N3O2S2. The molecule has 2 aliphatic heterocycles. The lowest BCUT2D eigenvalue weighted by Gasteiger charge is -2.13. The summed E-state index contributed by atoms with van der Waals surface area (Å²) in [5, 5.41) is 9.21. The minimum Gasteiger partial charge on any atom is -0.372 e. The number of rotatable bonds is 4. The Morgan fingerprint density at radius 3 is 2.96 bits per heavy atom. The molecule has 1 N–H and O–H groups in total. The van der Waals surface area contributed by atoms with Crippen molar-refractivity contribution in [2.45, 2.75) is 26.2 Å². The third kappa shape index (κ3) is 3.38. The maximum absolute atomic E-state index is 11.7. The van der Waals surface area contributed by atoms with Crippen LogP contribution in [0.3, 0.4) is 0 Å². The molecule has 0 saturated carbocycles. The highest BCUT2D eigenvalue weighted by Crippen LogP contribution is 2.28. The molecule has 1 unspecified atom stereocenters. The van der Waals surface area contributed by atoms with E-state index in [0.717, 1.165) is 29.3 Å². The lowest BCUT2D eigenvalue weighted by molar-refractivity contribution is -0.119. The Kier molecular flexibility index (Phi) is 4.43. The van der Waals surface area contributed by atoms with E-state index < -0.39 is 0 Å². The largest absolute Gasteiger partial charge is 0.372 e. The molecule has 27 heavy (non-hydrogen) atoms. The summed E-state index contributed by atoms with van der Waals surface area (Å²) in [6.07, 6.45) is 0.582. The van der Waals surface area contributed by atoms with E-state index in [1.54, 1.807) is 22.7 Å². The van der Waals surface area contributed by atoms with Gasteiger partial charge in [-0.25, -0.2) is 4.99 Å². The average molecular weight is 398 g/mol. The van der Waals surface area contributed by atoms with E-state index >= 15 is 0 Å². The van der Waals surface area contributed by atoms with Crippen molar-refractivity contribution >= 4 is 34.3 Å². The summed E-state index contributed by atoms with van der Waals surface area (Å²) in [5.41, 5.74) is 5.85. The number of benzene rings is 1. The highest BCUT2D eigenvalue weighted by molar-refractivity contribution is 7.08. The lowest BCUT2D eigenvalue weighted by Crippen LogP contribution is -2.22. The Bertz CT molecular complexity index is 1050. The summed E-state index contributed by atoms with van der Waals surface area (Å²) in [4.78, 5) is 17.5. The third-order valence-electron chi connectivity index (χ3n) is 5.05. The molecule has 0 aliphatic carbocycles. The number of aromatic nitrogens is 1. The molecule has 4 heterocycles. The van der Waals surface area contributed by atoms with Crippen LogP contribution in [0.1, 0.15) is 17.5 Å². The van der Waals surface area contributed by atoms with Crippen molar-refractivity contribution in [1.29, 1.82) is 0 Å². The Labute approximate surface area is 165 Å². The van der Waals surface area contributed by atoms with Crippen LogP contribution in [-0.4, -0.2) is 17.0 Å². The first kappa shape index (κ1) is 16.9. The SMILES string of the molecule is O=C1CC(Cn2c(-c3ccc4c(c3)COC4)csc2=Nc2ccsc2)CN1. The van der Waals surface area contributed by atoms with E-state index in [4.69, 9.17) is 9.73 Å². The van der Waals surface area contributed by atoms with Crippen LogP contribution in [0.15, 0.2) is 45.4 Å². The summed E-state index contributed by atoms with van der Waals surface area (Å²) >= 11 is 3.30. The molecule has 1 fully saturated rings. The van der Waals surface area contributed by atoms with Crippen molar-refractivity contribution in [3.8, 4) is 11.3 Å². The predicted octanol–water partition coefficient (Wildman–Crippen LogP) is 3.68. The number of nitrogens with zero attached hydrogens (tertiary/aromatic N) is 2. The normalized spacial score (nSPS) is 19.5. The first-order chi connectivity index (χ1) is 13.3. The number of amides is 1. The molecule has 1 amide bonds. The van der Waals surface area contributed by atoms with Gasteiger partial charge in [-0.05, 0) is 34.2 Å². The van der Waals surface area contributed by atoms with E-state index in [9.17, 15) is 4.79 Å². The number of nitrogens with one attached hydrogen (secondary N) is 1. The number of ether oxygens (including phenoxy) is 1. The molecule has 5 rings (SSSR count). The van der Waals surface area contributed by atoms with Gasteiger partial charge in [0.25, 0.3) is 0 Å². The second-order valence-electron chi connectivity index (χ2n) is 6.96. The number of thiophene rings is 1. The van der Waals surface area contributed by atoms with Gasteiger partial charge in [-0.2, -0.15) is 11.3 Å². The van der Waals surface area contributed by atoms with Gasteiger partial charge in [-0.3, -0.25) is 4.79 Å². The second kappa shape index (κ2) is 7.07. The van der Waals surface area contributed by atoms with Gasteiger partial charge in [-0.15, -0.1) is 11.3 Å². The van der Waals surface area contributed by atoms with Crippen LogP contribution < -0.4 is 10.1 Å². The molecular weight excluding hydrogens is 378 g/mol. The van der Waals surface area contributed by atoms with Crippen LogP contribution in [0.25, 0.3) is 11.3 Å². The molecule has 0 spiro atoms. The number of carbonyl (C=O) groups excluding carboxylic acids is 1. The molecule has 1 saturated heterocycles. The number of carbonyl (C=O) groups is 1. The Morgan fingerprint density at radius 2 is 2.15 bits per heavy atom. The first-order valence-corrected chi connectivity index (χ1v) is 10.8. The molecule has 0 bridgehead atoms. The molecule has 1 aromatic carbocycles. The van der Waals surface area contributed by atoms with Crippen LogP contribution in [0, 0.1) is 5.92 Å². The van der Waals surface area contributed by atoms with E-state index in [-0.39, 0.29) is 5.91 Å². The smallest absolute Gasteiger partial charge is 0.220 e. The summed E-state index contributed by atoms with van der Waals surface area (Å²) in [6.45, 7) is 2.90. The van der Waals surface area contributed by atoms with E-state index in [1.807, 2.05) is 11.4 Å². The maximum Gasteiger partial charge on any atom is 0.220 e. The van der Waals surface area contributed by atoms with Crippen LogP contribution in [0.5, 0.6) is 0 Å². The Hall–Kier alpha value is -2.22. The van der Waals surface area contributed by atoms with E-state index in [1.165, 1.54) is 16.7 Å². The fourth-order valence-electron chi connectivity index (χ4n) is 3.64. The summed E-state index contributed by atoms with van der Waals surface area (Å²) in [5.74, 6) is 0.438. The van der Waals surface area contributed by atoms with Gasteiger partial charge in [0.05, 0.1) is 24.6 Å². The van der Waals surface area contributed by atoms with Crippen molar-refractivity contribution in [3.63, 3.8) is 0 Å². The standard InChI is InChI=1S/C20H19N3O2S2/c24-19-5-13(7-21-19)8-23-18(12-27-20(23)22-17-3-4-26-11-17)14-1-2-15-9-25-10-16(15)6-14/h1-4,6,11-13H,5,7-10H2,(H,21,24). The van der Waals surface area contributed by atoms with Gasteiger partial charge in [0.1, 0.15) is 0 Å². The molecule has 2 aromatic heterocycles. The number of hydrogen-bond acceptors (Lipinski definition) is 5. The van der Waals surface area contributed by atoms with Crippen molar-refractivity contribution in [3.05, 3.63) is 56.3 Å². The maximum atomic E-state index is 11.7. The Morgan fingerprint density at radius 1 is 1.22 bits per heavy atom. The van der Waals surface area contributed by atoms with Gasteiger partial charge in [0, 0.05) is 36.2 Å². The highest BCUT2D eigenvalue weighted by Gasteiger charge is 2.23. The monoisotopic (exact) mass is 397 g/mol. The second-order valence-corrected chi connectivity index (χ2v) is 8.57. The number of fused-ring (bicyclic) bond motifs is 1. The first-order valence-electron chi connectivity index (χ1n) is 8.98. The van der Waals surface area contributed by atoms with Crippen LogP contribution in [0.4, 0.5) is 5.69 Å². The predicted molar refractivity (Wildman–Crippen MR) is 107 cm³/mol. The van der Waals surface area contributed by atoms with Crippen LogP contribution >= 0.6 is 22.7 Å². The molecule has 1 atom stereocenters. The number of hydrogen-bond donors (Lipinski definition) is 1.